The Morgan fingerprint density at radius 1 is 1.13 bits per heavy atom. The molecule has 0 aromatic heterocycles. The second-order valence-electron chi connectivity index (χ2n) is 4.50. The molecule has 1 unspecified atom stereocenters. The quantitative estimate of drug-likeness (QED) is 0.717. The van der Waals surface area contributed by atoms with Crippen molar-refractivity contribution in [2.45, 2.75) is 18.9 Å². The largest absolute Gasteiger partial charge is 0.377 e. The van der Waals surface area contributed by atoms with E-state index in [1.54, 1.807) is 0 Å². The van der Waals surface area contributed by atoms with Crippen LogP contribution >= 0.6 is 12.6 Å². The summed E-state index contributed by atoms with van der Waals surface area (Å²) < 4.78 is 5.66. The van der Waals surface area contributed by atoms with Gasteiger partial charge in [-0.1, -0.05) is 0 Å². The van der Waals surface area contributed by atoms with Gasteiger partial charge in [0.2, 0.25) is 0 Å². The number of piperazine rings is 1. The van der Waals surface area contributed by atoms with Crippen LogP contribution in [0.2, 0.25) is 0 Å². The maximum absolute atomic E-state index is 5.66. The third kappa shape index (κ3) is 3.63. The standard InChI is InChI=1S/C11H22N2OS/c15-9-7-12-3-5-13(6-4-12)10-11-2-1-8-14-11/h11,15H,1-10H2. The van der Waals surface area contributed by atoms with E-state index in [0.29, 0.717) is 6.10 Å². The summed E-state index contributed by atoms with van der Waals surface area (Å²) in [6.45, 7) is 8.07. The molecule has 0 saturated carbocycles. The summed E-state index contributed by atoms with van der Waals surface area (Å²) in [6, 6.07) is 0. The Hall–Kier alpha value is 0.230. The average Bonchev–Trinajstić information content (AvgIpc) is 2.74. The molecule has 2 rings (SSSR count). The minimum atomic E-state index is 0.515. The molecule has 15 heavy (non-hydrogen) atoms. The van der Waals surface area contributed by atoms with Crippen LogP contribution in [0.5, 0.6) is 0 Å². The van der Waals surface area contributed by atoms with Gasteiger partial charge in [0, 0.05) is 51.6 Å². The lowest BCUT2D eigenvalue weighted by atomic mass is 10.2. The Morgan fingerprint density at radius 2 is 1.87 bits per heavy atom. The van der Waals surface area contributed by atoms with Crippen molar-refractivity contribution >= 4 is 12.6 Å². The van der Waals surface area contributed by atoms with E-state index in [2.05, 4.69) is 22.4 Å². The monoisotopic (exact) mass is 230 g/mol. The molecule has 0 bridgehead atoms. The third-order valence-corrected chi connectivity index (χ3v) is 3.57. The second kappa shape index (κ2) is 6.09. The van der Waals surface area contributed by atoms with Gasteiger partial charge in [-0.3, -0.25) is 9.80 Å². The van der Waals surface area contributed by atoms with E-state index in [1.807, 2.05) is 0 Å². The van der Waals surface area contributed by atoms with E-state index in [9.17, 15) is 0 Å². The van der Waals surface area contributed by atoms with Gasteiger partial charge in [0.05, 0.1) is 6.10 Å². The van der Waals surface area contributed by atoms with Crippen molar-refractivity contribution < 1.29 is 4.74 Å². The zero-order valence-corrected chi connectivity index (χ0v) is 10.3. The first-order valence-electron chi connectivity index (χ1n) is 6.05. The smallest absolute Gasteiger partial charge is 0.0702 e. The van der Waals surface area contributed by atoms with Crippen LogP contribution in [-0.2, 0) is 4.74 Å². The number of hydrogen-bond donors (Lipinski definition) is 1. The Kier molecular flexibility index (Phi) is 4.75. The van der Waals surface area contributed by atoms with Crippen LogP contribution in [0.3, 0.4) is 0 Å². The molecular weight excluding hydrogens is 208 g/mol. The van der Waals surface area contributed by atoms with E-state index in [-0.39, 0.29) is 0 Å². The van der Waals surface area contributed by atoms with Crippen molar-refractivity contribution in [3.05, 3.63) is 0 Å². The summed E-state index contributed by atoms with van der Waals surface area (Å²) >= 11 is 4.27. The molecule has 0 aromatic rings. The molecule has 0 aromatic carbocycles. The fourth-order valence-corrected chi connectivity index (χ4v) is 2.70. The number of hydrogen-bond acceptors (Lipinski definition) is 4. The second-order valence-corrected chi connectivity index (χ2v) is 4.95. The lowest BCUT2D eigenvalue weighted by molar-refractivity contribution is 0.0517. The predicted molar refractivity (Wildman–Crippen MR) is 65.7 cm³/mol. The molecule has 2 saturated heterocycles. The number of rotatable bonds is 4. The third-order valence-electron chi connectivity index (χ3n) is 3.37. The van der Waals surface area contributed by atoms with Gasteiger partial charge >= 0.3 is 0 Å². The molecule has 0 spiro atoms. The molecule has 2 aliphatic heterocycles. The normalized spacial score (nSPS) is 29.8. The Bertz CT molecular complexity index is 177. The minimum absolute atomic E-state index is 0.515. The summed E-state index contributed by atoms with van der Waals surface area (Å²) in [5.74, 6) is 0.978. The van der Waals surface area contributed by atoms with Crippen LogP contribution in [0.1, 0.15) is 12.8 Å². The van der Waals surface area contributed by atoms with Crippen LogP contribution in [-0.4, -0.2) is 67.5 Å². The molecule has 3 nitrogen and oxygen atoms in total. The zero-order chi connectivity index (χ0) is 10.5. The van der Waals surface area contributed by atoms with Crippen LogP contribution in [0, 0.1) is 0 Å². The topological polar surface area (TPSA) is 15.7 Å². The van der Waals surface area contributed by atoms with Crippen molar-refractivity contribution in [2.75, 3.05) is 51.6 Å². The van der Waals surface area contributed by atoms with E-state index < -0.39 is 0 Å². The number of thiol groups is 1. The summed E-state index contributed by atoms with van der Waals surface area (Å²) in [5.41, 5.74) is 0. The predicted octanol–water partition coefficient (Wildman–Crippen LogP) is 0.713. The van der Waals surface area contributed by atoms with Gasteiger partial charge in [-0.25, -0.2) is 0 Å². The van der Waals surface area contributed by atoms with Crippen LogP contribution < -0.4 is 0 Å². The highest BCUT2D eigenvalue weighted by Gasteiger charge is 2.22. The first kappa shape index (κ1) is 11.7. The van der Waals surface area contributed by atoms with E-state index in [0.717, 1.165) is 25.4 Å². The summed E-state index contributed by atoms with van der Waals surface area (Å²) in [7, 11) is 0. The first-order valence-corrected chi connectivity index (χ1v) is 6.69. The van der Waals surface area contributed by atoms with Crippen molar-refractivity contribution in [1.29, 1.82) is 0 Å². The SMILES string of the molecule is SCCN1CCN(CC2CCCO2)CC1. The van der Waals surface area contributed by atoms with E-state index >= 15 is 0 Å². The van der Waals surface area contributed by atoms with Crippen molar-refractivity contribution in [1.82, 2.24) is 9.80 Å². The molecule has 2 fully saturated rings. The van der Waals surface area contributed by atoms with E-state index in [4.69, 9.17) is 4.74 Å². The fraction of sp³-hybridized carbons (Fsp3) is 1.00. The minimum Gasteiger partial charge on any atom is -0.377 e. The van der Waals surface area contributed by atoms with Crippen LogP contribution in [0.15, 0.2) is 0 Å². The maximum Gasteiger partial charge on any atom is 0.0702 e. The molecule has 0 radical (unpaired) electrons. The van der Waals surface area contributed by atoms with Crippen molar-refractivity contribution in [2.24, 2.45) is 0 Å². The Morgan fingerprint density at radius 3 is 2.47 bits per heavy atom. The van der Waals surface area contributed by atoms with Gasteiger partial charge in [0.15, 0.2) is 0 Å². The highest BCUT2D eigenvalue weighted by molar-refractivity contribution is 7.80. The summed E-state index contributed by atoms with van der Waals surface area (Å²) in [5, 5.41) is 0. The molecule has 2 aliphatic rings. The number of nitrogens with zero attached hydrogens (tertiary/aromatic N) is 2. The van der Waals surface area contributed by atoms with Crippen molar-refractivity contribution in [3.63, 3.8) is 0 Å². The van der Waals surface area contributed by atoms with E-state index in [1.165, 1.54) is 39.0 Å². The lowest BCUT2D eigenvalue weighted by Crippen LogP contribution is -2.48. The summed E-state index contributed by atoms with van der Waals surface area (Å²) in [4.78, 5) is 5.05. The van der Waals surface area contributed by atoms with Crippen LogP contribution in [0.4, 0.5) is 0 Å². The zero-order valence-electron chi connectivity index (χ0n) is 9.40. The molecule has 0 N–H and O–H groups in total. The highest BCUT2D eigenvalue weighted by Crippen LogP contribution is 2.14. The molecule has 1 atom stereocenters. The Balaban J connectivity index is 1.64. The Labute approximate surface area is 98.2 Å². The fourth-order valence-electron chi connectivity index (χ4n) is 2.41. The van der Waals surface area contributed by atoms with Crippen LogP contribution in [0.25, 0.3) is 0 Å². The highest BCUT2D eigenvalue weighted by atomic mass is 32.1. The molecule has 0 amide bonds. The summed E-state index contributed by atoms with van der Waals surface area (Å²) in [6.07, 6.45) is 3.03. The molecule has 0 aliphatic carbocycles. The van der Waals surface area contributed by atoms with Gasteiger partial charge in [-0.05, 0) is 12.8 Å². The van der Waals surface area contributed by atoms with Gasteiger partial charge in [-0.15, -0.1) is 0 Å². The first-order chi connectivity index (χ1) is 7.38. The molecule has 2 heterocycles. The number of ether oxygens (including phenoxy) is 1. The van der Waals surface area contributed by atoms with Gasteiger partial charge in [0.1, 0.15) is 0 Å². The van der Waals surface area contributed by atoms with Gasteiger partial charge in [-0.2, -0.15) is 12.6 Å². The molecule has 4 heteroatoms. The van der Waals surface area contributed by atoms with Gasteiger partial charge in [0.25, 0.3) is 0 Å². The molecular formula is C11H22N2OS. The van der Waals surface area contributed by atoms with Crippen molar-refractivity contribution in [3.8, 4) is 0 Å². The lowest BCUT2D eigenvalue weighted by Gasteiger charge is -2.35. The van der Waals surface area contributed by atoms with Gasteiger partial charge < -0.3 is 4.74 Å². The maximum atomic E-state index is 5.66. The molecule has 88 valence electrons. The average molecular weight is 230 g/mol.